The van der Waals surface area contributed by atoms with Gasteiger partial charge in [0.15, 0.2) is 0 Å². The molecule has 0 aliphatic carbocycles. The summed E-state index contributed by atoms with van der Waals surface area (Å²) in [7, 11) is 1.86. The zero-order valence-corrected chi connectivity index (χ0v) is 14.3. The highest BCUT2D eigenvalue weighted by molar-refractivity contribution is 6.30. The van der Waals surface area contributed by atoms with Gasteiger partial charge in [-0.05, 0) is 31.5 Å². The molecule has 0 saturated carbocycles. The third-order valence-corrected chi connectivity index (χ3v) is 4.57. The van der Waals surface area contributed by atoms with Gasteiger partial charge in [0.25, 0.3) is 5.91 Å². The molecule has 23 heavy (non-hydrogen) atoms. The number of ether oxygens (including phenoxy) is 1. The average Bonchev–Trinajstić information content (AvgIpc) is 2.80. The second kappa shape index (κ2) is 6.34. The van der Waals surface area contributed by atoms with Gasteiger partial charge in [-0.15, -0.1) is 0 Å². The number of rotatable bonds is 2. The molecule has 1 aromatic carbocycles. The third-order valence-electron chi connectivity index (χ3n) is 4.32. The Kier molecular flexibility index (Phi) is 4.41. The van der Waals surface area contributed by atoms with Crippen LogP contribution in [0.1, 0.15) is 33.4 Å². The first kappa shape index (κ1) is 16.0. The topological polar surface area (TPSA) is 47.4 Å². The maximum absolute atomic E-state index is 12.9. The number of nitrogens with zero attached hydrogens (tertiary/aromatic N) is 3. The third kappa shape index (κ3) is 3.12. The molecule has 1 amide bonds. The summed E-state index contributed by atoms with van der Waals surface area (Å²) < 4.78 is 7.58. The van der Waals surface area contributed by atoms with Crippen molar-refractivity contribution in [3.8, 4) is 0 Å². The molecule has 6 heteroatoms. The van der Waals surface area contributed by atoms with E-state index in [1.807, 2.05) is 50.1 Å². The SMILES string of the molecule is Cc1nn(C)c(C)c1C(=O)N1CCOC(c2ccc(Cl)cc2)C1. The maximum atomic E-state index is 12.9. The van der Waals surface area contributed by atoms with E-state index in [9.17, 15) is 4.79 Å². The number of aromatic nitrogens is 2. The number of benzene rings is 1. The van der Waals surface area contributed by atoms with Crippen molar-refractivity contribution in [2.75, 3.05) is 19.7 Å². The van der Waals surface area contributed by atoms with Gasteiger partial charge in [-0.25, -0.2) is 0 Å². The summed E-state index contributed by atoms with van der Waals surface area (Å²) in [5, 5.41) is 5.03. The quantitative estimate of drug-likeness (QED) is 0.849. The number of carbonyl (C=O) groups excluding carboxylic acids is 1. The Hall–Kier alpha value is -1.85. The van der Waals surface area contributed by atoms with Gasteiger partial charge in [0.2, 0.25) is 0 Å². The molecule has 1 unspecified atom stereocenters. The molecule has 3 rings (SSSR count). The predicted molar refractivity (Wildman–Crippen MR) is 88.7 cm³/mol. The summed E-state index contributed by atoms with van der Waals surface area (Å²) in [5.41, 5.74) is 3.39. The van der Waals surface area contributed by atoms with Crippen LogP contribution in [-0.4, -0.2) is 40.3 Å². The Morgan fingerprint density at radius 1 is 1.30 bits per heavy atom. The number of carbonyl (C=O) groups is 1. The fraction of sp³-hybridized carbons (Fsp3) is 0.412. The zero-order valence-electron chi connectivity index (χ0n) is 13.5. The van der Waals surface area contributed by atoms with Crippen LogP contribution in [-0.2, 0) is 11.8 Å². The van der Waals surface area contributed by atoms with Gasteiger partial charge in [0.05, 0.1) is 24.4 Å². The van der Waals surface area contributed by atoms with Crippen LogP contribution < -0.4 is 0 Å². The van der Waals surface area contributed by atoms with Crippen molar-refractivity contribution in [2.45, 2.75) is 20.0 Å². The monoisotopic (exact) mass is 333 g/mol. The largest absolute Gasteiger partial charge is 0.370 e. The van der Waals surface area contributed by atoms with E-state index in [0.29, 0.717) is 30.3 Å². The highest BCUT2D eigenvalue weighted by Crippen LogP contribution is 2.25. The van der Waals surface area contributed by atoms with Gasteiger partial charge in [-0.2, -0.15) is 5.10 Å². The van der Waals surface area contributed by atoms with Crippen molar-refractivity contribution in [1.82, 2.24) is 14.7 Å². The number of aryl methyl sites for hydroxylation is 2. The standard InChI is InChI=1S/C17H20ClN3O2/c1-11-16(12(2)20(3)19-11)17(22)21-8-9-23-15(10-21)13-4-6-14(18)7-5-13/h4-7,15H,8-10H2,1-3H3. The van der Waals surface area contributed by atoms with Gasteiger partial charge < -0.3 is 9.64 Å². The van der Waals surface area contributed by atoms with E-state index in [1.54, 1.807) is 4.68 Å². The molecule has 1 atom stereocenters. The molecule has 5 nitrogen and oxygen atoms in total. The molecule has 2 aromatic rings. The number of hydrogen-bond acceptors (Lipinski definition) is 3. The van der Waals surface area contributed by atoms with Gasteiger partial charge in [-0.3, -0.25) is 9.48 Å². The van der Waals surface area contributed by atoms with Crippen LogP contribution in [0.15, 0.2) is 24.3 Å². The Morgan fingerprint density at radius 2 is 2.00 bits per heavy atom. The van der Waals surface area contributed by atoms with E-state index in [4.69, 9.17) is 16.3 Å². The Labute approximate surface area is 140 Å². The van der Waals surface area contributed by atoms with Crippen molar-refractivity contribution in [3.63, 3.8) is 0 Å². The molecule has 1 fully saturated rings. The number of hydrogen-bond donors (Lipinski definition) is 0. The zero-order chi connectivity index (χ0) is 16.6. The van der Waals surface area contributed by atoms with Gasteiger partial charge in [0, 0.05) is 24.3 Å². The van der Waals surface area contributed by atoms with E-state index in [-0.39, 0.29) is 12.0 Å². The van der Waals surface area contributed by atoms with E-state index in [2.05, 4.69) is 5.10 Å². The predicted octanol–water partition coefficient (Wildman–Crippen LogP) is 2.90. The second-order valence-corrected chi connectivity index (χ2v) is 6.27. The van der Waals surface area contributed by atoms with Gasteiger partial charge in [0.1, 0.15) is 6.10 Å². The molecule has 1 aliphatic heterocycles. The summed E-state index contributed by atoms with van der Waals surface area (Å²) in [6.07, 6.45) is -0.123. The summed E-state index contributed by atoms with van der Waals surface area (Å²) in [6.45, 7) is 5.45. The van der Waals surface area contributed by atoms with Crippen LogP contribution >= 0.6 is 11.6 Å². The number of halogens is 1. The van der Waals surface area contributed by atoms with Crippen molar-refractivity contribution < 1.29 is 9.53 Å². The van der Waals surface area contributed by atoms with Crippen LogP contribution in [0.5, 0.6) is 0 Å². The first-order valence-electron chi connectivity index (χ1n) is 7.64. The van der Waals surface area contributed by atoms with E-state index in [1.165, 1.54) is 0 Å². The lowest BCUT2D eigenvalue weighted by atomic mass is 10.1. The first-order chi connectivity index (χ1) is 11.0. The van der Waals surface area contributed by atoms with E-state index in [0.717, 1.165) is 17.0 Å². The van der Waals surface area contributed by atoms with Crippen LogP contribution in [0.25, 0.3) is 0 Å². The molecule has 2 heterocycles. The fourth-order valence-electron chi connectivity index (χ4n) is 2.95. The molecule has 1 saturated heterocycles. The Bertz CT molecular complexity index is 724. The van der Waals surface area contributed by atoms with Crippen LogP contribution in [0.3, 0.4) is 0 Å². The fourth-order valence-corrected chi connectivity index (χ4v) is 3.08. The smallest absolute Gasteiger partial charge is 0.257 e. The highest BCUT2D eigenvalue weighted by Gasteiger charge is 2.29. The lowest BCUT2D eigenvalue weighted by molar-refractivity contribution is -0.0228. The molecular weight excluding hydrogens is 314 g/mol. The summed E-state index contributed by atoms with van der Waals surface area (Å²) in [4.78, 5) is 14.7. The second-order valence-electron chi connectivity index (χ2n) is 5.83. The minimum absolute atomic E-state index is 0.0235. The summed E-state index contributed by atoms with van der Waals surface area (Å²) in [5.74, 6) is 0.0235. The molecule has 0 radical (unpaired) electrons. The lowest BCUT2D eigenvalue weighted by Crippen LogP contribution is -2.42. The van der Waals surface area contributed by atoms with E-state index >= 15 is 0 Å². The Morgan fingerprint density at radius 3 is 2.61 bits per heavy atom. The van der Waals surface area contributed by atoms with Crippen molar-refractivity contribution >= 4 is 17.5 Å². The molecule has 1 aromatic heterocycles. The molecule has 1 aliphatic rings. The van der Waals surface area contributed by atoms with Crippen molar-refractivity contribution in [3.05, 3.63) is 51.8 Å². The minimum atomic E-state index is -0.123. The summed E-state index contributed by atoms with van der Waals surface area (Å²) in [6, 6.07) is 7.58. The number of morpholine rings is 1. The number of amides is 1. The van der Waals surface area contributed by atoms with Crippen LogP contribution in [0.4, 0.5) is 0 Å². The summed E-state index contributed by atoms with van der Waals surface area (Å²) >= 11 is 5.93. The molecule has 0 bridgehead atoms. The molecule has 0 spiro atoms. The molecular formula is C17H20ClN3O2. The average molecular weight is 334 g/mol. The van der Waals surface area contributed by atoms with Gasteiger partial charge >= 0.3 is 0 Å². The molecule has 0 N–H and O–H groups in total. The Balaban J connectivity index is 1.80. The lowest BCUT2D eigenvalue weighted by Gasteiger charge is -2.33. The maximum Gasteiger partial charge on any atom is 0.257 e. The van der Waals surface area contributed by atoms with Crippen LogP contribution in [0.2, 0.25) is 5.02 Å². The normalized spacial score (nSPS) is 18.3. The minimum Gasteiger partial charge on any atom is -0.370 e. The molecule has 122 valence electrons. The van der Waals surface area contributed by atoms with E-state index < -0.39 is 0 Å². The van der Waals surface area contributed by atoms with Crippen molar-refractivity contribution in [2.24, 2.45) is 7.05 Å². The van der Waals surface area contributed by atoms with Crippen molar-refractivity contribution in [1.29, 1.82) is 0 Å². The van der Waals surface area contributed by atoms with Crippen LogP contribution in [0, 0.1) is 13.8 Å². The van der Waals surface area contributed by atoms with Gasteiger partial charge in [-0.1, -0.05) is 23.7 Å². The first-order valence-corrected chi connectivity index (χ1v) is 8.01. The highest BCUT2D eigenvalue weighted by atomic mass is 35.5.